The number of rotatable bonds is 11. The van der Waals surface area contributed by atoms with Crippen molar-refractivity contribution in [1.82, 2.24) is 9.97 Å². The van der Waals surface area contributed by atoms with Crippen molar-refractivity contribution in [2.45, 2.75) is 71.8 Å². The molecule has 0 aliphatic heterocycles. The Morgan fingerprint density at radius 2 is 1.63 bits per heavy atom. The van der Waals surface area contributed by atoms with Crippen LogP contribution in [-0.2, 0) is 24.1 Å². The van der Waals surface area contributed by atoms with Gasteiger partial charge >= 0.3 is 0 Å². The number of hydrogen-bond acceptors (Lipinski definition) is 5. The number of aromatic nitrogens is 2. The van der Waals surface area contributed by atoms with E-state index < -0.39 is 0 Å². The zero-order valence-corrected chi connectivity index (χ0v) is 21.1. The van der Waals surface area contributed by atoms with Crippen molar-refractivity contribution in [3.05, 3.63) is 71.7 Å². The molecular formula is C30H36N2O3. The molecule has 0 unspecified atom stereocenters. The summed E-state index contributed by atoms with van der Waals surface area (Å²) in [6, 6.07) is 15.8. The Hall–Kier alpha value is -3.21. The quantitative estimate of drug-likeness (QED) is 0.322. The van der Waals surface area contributed by atoms with Crippen LogP contribution in [0, 0.1) is 5.92 Å². The average Bonchev–Trinajstić information content (AvgIpc) is 3.35. The molecule has 35 heavy (non-hydrogen) atoms. The number of carbonyl (C=O) groups excluding carboxylic acids is 1. The van der Waals surface area contributed by atoms with Crippen LogP contribution in [0.4, 0.5) is 0 Å². The third kappa shape index (κ3) is 7.14. The lowest BCUT2D eigenvalue weighted by molar-refractivity contribution is -0.117. The van der Waals surface area contributed by atoms with Gasteiger partial charge in [0.2, 0.25) is 0 Å². The minimum absolute atomic E-state index is 0.137. The Labute approximate surface area is 208 Å². The third-order valence-corrected chi connectivity index (χ3v) is 6.41. The number of Topliss-reactive ketones (excluding diaryl/α,β-unsaturated/α-hetero) is 1. The van der Waals surface area contributed by atoms with Crippen LogP contribution < -0.4 is 9.47 Å². The van der Waals surface area contributed by atoms with Crippen LogP contribution in [0.1, 0.15) is 63.4 Å². The Morgan fingerprint density at radius 3 is 2.29 bits per heavy atom. The minimum atomic E-state index is 0.137. The predicted octanol–water partition coefficient (Wildman–Crippen LogP) is 6.42. The van der Waals surface area contributed by atoms with Crippen LogP contribution in [0.3, 0.4) is 0 Å². The van der Waals surface area contributed by atoms with Gasteiger partial charge in [0.1, 0.15) is 17.3 Å². The lowest BCUT2D eigenvalue weighted by Crippen LogP contribution is -2.14. The molecule has 0 spiro atoms. The maximum Gasteiger partial charge on any atom is 0.143 e. The largest absolute Gasteiger partial charge is 0.494 e. The molecule has 4 rings (SSSR count). The zero-order chi connectivity index (χ0) is 24.6. The van der Waals surface area contributed by atoms with Gasteiger partial charge in [0.05, 0.1) is 42.4 Å². The summed E-state index contributed by atoms with van der Waals surface area (Å²) in [4.78, 5) is 22.7. The maximum absolute atomic E-state index is 12.9. The molecule has 0 N–H and O–H groups in total. The number of hydrogen-bond donors (Lipinski definition) is 0. The highest BCUT2D eigenvalue weighted by Crippen LogP contribution is 2.29. The number of carbonyl (C=O) groups is 1. The number of benzene rings is 2. The van der Waals surface area contributed by atoms with E-state index in [2.05, 4.69) is 0 Å². The van der Waals surface area contributed by atoms with E-state index in [1.807, 2.05) is 69.3 Å². The summed E-state index contributed by atoms with van der Waals surface area (Å²) in [5, 5.41) is 0. The molecule has 2 aromatic carbocycles. The van der Waals surface area contributed by atoms with Crippen LogP contribution in [0.15, 0.2) is 54.7 Å². The van der Waals surface area contributed by atoms with E-state index in [0.29, 0.717) is 25.4 Å². The average molecular weight is 473 g/mol. The van der Waals surface area contributed by atoms with Gasteiger partial charge in [0.25, 0.3) is 0 Å². The smallest absolute Gasteiger partial charge is 0.143 e. The first-order valence-electron chi connectivity index (χ1n) is 12.9. The maximum atomic E-state index is 12.9. The van der Waals surface area contributed by atoms with Crippen molar-refractivity contribution in [2.24, 2.45) is 5.92 Å². The van der Waals surface area contributed by atoms with Crippen LogP contribution >= 0.6 is 0 Å². The van der Waals surface area contributed by atoms with Crippen LogP contribution in [0.25, 0.3) is 11.3 Å². The molecule has 1 aromatic heterocycles. The first-order valence-corrected chi connectivity index (χ1v) is 12.9. The molecule has 0 atom stereocenters. The van der Waals surface area contributed by atoms with Gasteiger partial charge in [-0.3, -0.25) is 9.78 Å². The van der Waals surface area contributed by atoms with Gasteiger partial charge in [-0.2, -0.15) is 0 Å². The fraction of sp³-hybridized carbons (Fsp3) is 0.433. The lowest BCUT2D eigenvalue weighted by Gasteiger charge is -2.14. The second-order valence-electron chi connectivity index (χ2n) is 9.66. The van der Waals surface area contributed by atoms with Crippen LogP contribution in [0.2, 0.25) is 0 Å². The van der Waals surface area contributed by atoms with Crippen molar-refractivity contribution in [3.63, 3.8) is 0 Å². The predicted molar refractivity (Wildman–Crippen MR) is 139 cm³/mol. The van der Waals surface area contributed by atoms with E-state index in [0.717, 1.165) is 46.1 Å². The van der Waals surface area contributed by atoms with Gasteiger partial charge in [-0.05, 0) is 75.1 Å². The first kappa shape index (κ1) is 24.9. The Balaban J connectivity index is 1.50. The summed E-state index contributed by atoms with van der Waals surface area (Å²) >= 11 is 0. The van der Waals surface area contributed by atoms with Crippen molar-refractivity contribution >= 4 is 5.78 Å². The second-order valence-corrected chi connectivity index (χ2v) is 9.66. The fourth-order valence-electron chi connectivity index (χ4n) is 4.71. The number of ketones is 1. The Kier molecular flexibility index (Phi) is 8.51. The van der Waals surface area contributed by atoms with E-state index in [4.69, 9.17) is 19.4 Å². The fourth-order valence-corrected chi connectivity index (χ4v) is 4.71. The summed E-state index contributed by atoms with van der Waals surface area (Å²) in [5.74, 6) is 2.45. The van der Waals surface area contributed by atoms with Gasteiger partial charge < -0.3 is 9.47 Å². The molecule has 184 valence electrons. The Morgan fingerprint density at radius 1 is 0.943 bits per heavy atom. The number of ether oxygens (including phenoxy) is 2. The highest BCUT2D eigenvalue weighted by molar-refractivity contribution is 5.83. The highest BCUT2D eigenvalue weighted by Gasteiger charge is 2.20. The van der Waals surface area contributed by atoms with Gasteiger partial charge in [-0.15, -0.1) is 0 Å². The van der Waals surface area contributed by atoms with Crippen molar-refractivity contribution in [3.8, 4) is 22.8 Å². The molecule has 0 radical (unpaired) electrons. The second kappa shape index (κ2) is 12.0. The molecule has 5 nitrogen and oxygen atoms in total. The molecule has 0 saturated heterocycles. The monoisotopic (exact) mass is 472 g/mol. The molecule has 3 aromatic rings. The number of nitrogens with zero attached hydrogens (tertiary/aromatic N) is 2. The van der Waals surface area contributed by atoms with Gasteiger partial charge in [0, 0.05) is 12.0 Å². The summed E-state index contributed by atoms with van der Waals surface area (Å²) < 4.78 is 11.3. The zero-order valence-electron chi connectivity index (χ0n) is 21.1. The Bertz CT molecular complexity index is 1100. The molecule has 1 fully saturated rings. The van der Waals surface area contributed by atoms with E-state index in [9.17, 15) is 4.79 Å². The van der Waals surface area contributed by atoms with E-state index in [-0.39, 0.29) is 11.9 Å². The molecule has 1 aliphatic carbocycles. The van der Waals surface area contributed by atoms with Gasteiger partial charge in [-0.1, -0.05) is 37.8 Å². The van der Waals surface area contributed by atoms with Crippen molar-refractivity contribution < 1.29 is 14.3 Å². The topological polar surface area (TPSA) is 61.3 Å². The van der Waals surface area contributed by atoms with Crippen LogP contribution in [0.5, 0.6) is 11.5 Å². The van der Waals surface area contributed by atoms with Gasteiger partial charge in [0.15, 0.2) is 0 Å². The minimum Gasteiger partial charge on any atom is -0.494 e. The van der Waals surface area contributed by atoms with Gasteiger partial charge in [-0.25, -0.2) is 4.98 Å². The molecule has 1 aliphatic rings. The SMILES string of the molecule is CCOc1ccc(CC(=O)Cc2ncc(-c3ccc(OC(C)C)cc3)nc2CC2CCCC2)cc1. The third-order valence-electron chi connectivity index (χ3n) is 6.41. The first-order chi connectivity index (χ1) is 17.0. The molecule has 0 amide bonds. The molecule has 5 heteroatoms. The van der Waals surface area contributed by atoms with E-state index >= 15 is 0 Å². The summed E-state index contributed by atoms with van der Waals surface area (Å²) in [6.45, 7) is 6.63. The van der Waals surface area contributed by atoms with Crippen molar-refractivity contribution in [1.29, 1.82) is 0 Å². The highest BCUT2D eigenvalue weighted by atomic mass is 16.5. The van der Waals surface area contributed by atoms with E-state index in [1.54, 1.807) is 6.20 Å². The van der Waals surface area contributed by atoms with Crippen LogP contribution in [-0.4, -0.2) is 28.5 Å². The van der Waals surface area contributed by atoms with E-state index in [1.165, 1.54) is 25.7 Å². The molecule has 0 bridgehead atoms. The lowest BCUT2D eigenvalue weighted by atomic mass is 9.97. The normalized spacial score (nSPS) is 13.8. The molecule has 1 heterocycles. The van der Waals surface area contributed by atoms with Crippen molar-refractivity contribution in [2.75, 3.05) is 6.61 Å². The standard InChI is InChI=1S/C30H36N2O3/c1-4-34-26-13-9-23(10-14-26)17-25(33)19-28-29(18-22-7-5-6-8-22)32-30(20-31-28)24-11-15-27(16-12-24)35-21(2)3/h9-16,20-22H,4-8,17-19H2,1-3H3. The summed E-state index contributed by atoms with van der Waals surface area (Å²) in [7, 11) is 0. The molecule has 1 saturated carbocycles. The summed E-state index contributed by atoms with van der Waals surface area (Å²) in [6.07, 6.45) is 8.54. The summed E-state index contributed by atoms with van der Waals surface area (Å²) in [5.41, 5.74) is 4.63. The molecular weight excluding hydrogens is 436 g/mol.